The number of nitrogens with zero attached hydrogens (tertiary/aromatic N) is 2. The lowest BCUT2D eigenvalue weighted by Gasteiger charge is -2.25. The first-order valence-corrected chi connectivity index (χ1v) is 8.79. The van der Waals surface area contributed by atoms with Gasteiger partial charge >= 0.3 is 0 Å². The monoisotopic (exact) mass is 356 g/mol. The van der Waals surface area contributed by atoms with Crippen molar-refractivity contribution in [1.29, 1.82) is 0 Å². The van der Waals surface area contributed by atoms with Crippen LogP contribution in [0.25, 0.3) is 0 Å². The lowest BCUT2D eigenvalue weighted by Crippen LogP contribution is -2.35. The molecule has 0 bridgehead atoms. The molecule has 0 radical (unpaired) electrons. The number of benzene rings is 2. The predicted molar refractivity (Wildman–Crippen MR) is 96.4 cm³/mol. The van der Waals surface area contributed by atoms with Gasteiger partial charge in [-0.15, -0.1) is 0 Å². The molecule has 1 heterocycles. The smallest absolute Gasteiger partial charge is 0.269 e. The molecule has 1 aliphatic heterocycles. The van der Waals surface area contributed by atoms with Gasteiger partial charge in [-0.1, -0.05) is 30.7 Å². The molecule has 6 heteroatoms. The molecule has 0 N–H and O–H groups in total. The Labute approximate surface area is 151 Å². The van der Waals surface area contributed by atoms with Crippen LogP contribution in [0.4, 0.5) is 10.1 Å². The fraction of sp³-hybridized carbons (Fsp3) is 0.350. The molecule has 0 saturated carbocycles. The van der Waals surface area contributed by atoms with E-state index in [1.807, 2.05) is 4.90 Å². The summed E-state index contributed by atoms with van der Waals surface area (Å²) < 4.78 is 13.2. The molecular weight excluding hydrogens is 335 g/mol. The third-order valence-corrected chi connectivity index (χ3v) is 4.87. The Kier molecular flexibility index (Phi) is 5.61. The summed E-state index contributed by atoms with van der Waals surface area (Å²) in [5.74, 6) is -0.0275. The highest BCUT2D eigenvalue weighted by molar-refractivity contribution is 5.79. The second kappa shape index (κ2) is 8.08. The van der Waals surface area contributed by atoms with Gasteiger partial charge in [-0.2, -0.15) is 0 Å². The minimum absolute atomic E-state index is 0.0207. The van der Waals surface area contributed by atoms with E-state index in [2.05, 4.69) is 0 Å². The number of carbonyl (C=O) groups excluding carboxylic acids is 1. The Morgan fingerprint density at radius 3 is 2.46 bits per heavy atom. The Balaban J connectivity index is 1.67. The Bertz CT molecular complexity index is 775. The van der Waals surface area contributed by atoms with Crippen molar-refractivity contribution in [2.24, 2.45) is 0 Å². The average molecular weight is 356 g/mol. The normalized spacial score (nSPS) is 17.6. The minimum Gasteiger partial charge on any atom is -0.342 e. The number of non-ortho nitro benzene ring substituents is 1. The van der Waals surface area contributed by atoms with Crippen LogP contribution in [0.5, 0.6) is 0 Å². The van der Waals surface area contributed by atoms with Gasteiger partial charge in [0, 0.05) is 31.1 Å². The molecule has 5 nitrogen and oxygen atoms in total. The van der Waals surface area contributed by atoms with E-state index in [9.17, 15) is 19.3 Å². The third kappa shape index (κ3) is 4.45. The molecule has 0 aliphatic carbocycles. The SMILES string of the molecule is O=C(Cc1ccc([N+](=O)[O-])cc1)N1CCCCC(c2ccc(F)cc2)C1. The number of likely N-dealkylation sites (tertiary alicyclic amines) is 1. The van der Waals surface area contributed by atoms with Gasteiger partial charge in [-0.05, 0) is 36.1 Å². The van der Waals surface area contributed by atoms with Crippen molar-refractivity contribution in [3.8, 4) is 0 Å². The maximum Gasteiger partial charge on any atom is 0.269 e. The lowest BCUT2D eigenvalue weighted by atomic mass is 9.94. The number of carbonyl (C=O) groups is 1. The number of amides is 1. The molecule has 1 saturated heterocycles. The van der Waals surface area contributed by atoms with Crippen LogP contribution >= 0.6 is 0 Å². The molecule has 1 amide bonds. The van der Waals surface area contributed by atoms with E-state index in [1.165, 1.54) is 24.3 Å². The fourth-order valence-corrected chi connectivity index (χ4v) is 3.40. The van der Waals surface area contributed by atoms with Crippen LogP contribution in [0, 0.1) is 15.9 Å². The van der Waals surface area contributed by atoms with Crippen LogP contribution in [-0.4, -0.2) is 28.8 Å². The average Bonchev–Trinajstić information content (AvgIpc) is 2.89. The largest absolute Gasteiger partial charge is 0.342 e. The zero-order valence-electron chi connectivity index (χ0n) is 14.4. The van der Waals surface area contributed by atoms with E-state index in [0.29, 0.717) is 13.1 Å². The molecule has 3 rings (SSSR count). The van der Waals surface area contributed by atoms with Crippen molar-refractivity contribution in [2.75, 3.05) is 13.1 Å². The number of hydrogen-bond acceptors (Lipinski definition) is 3. The summed E-state index contributed by atoms with van der Waals surface area (Å²) in [4.78, 5) is 24.8. The highest BCUT2D eigenvalue weighted by Gasteiger charge is 2.23. The highest BCUT2D eigenvalue weighted by atomic mass is 19.1. The van der Waals surface area contributed by atoms with Gasteiger partial charge in [0.15, 0.2) is 0 Å². The van der Waals surface area contributed by atoms with Crippen molar-refractivity contribution >= 4 is 11.6 Å². The van der Waals surface area contributed by atoms with Crippen molar-refractivity contribution in [3.63, 3.8) is 0 Å². The summed E-state index contributed by atoms with van der Waals surface area (Å²) in [6.07, 6.45) is 3.19. The summed E-state index contributed by atoms with van der Waals surface area (Å²) >= 11 is 0. The maximum absolute atomic E-state index is 13.2. The zero-order chi connectivity index (χ0) is 18.5. The lowest BCUT2D eigenvalue weighted by molar-refractivity contribution is -0.384. The predicted octanol–water partition coefficient (Wildman–Crippen LogP) is 4.07. The van der Waals surface area contributed by atoms with E-state index in [-0.39, 0.29) is 29.8 Å². The standard InChI is InChI=1S/C20H21FN2O3/c21-18-8-6-16(7-9-18)17-3-1-2-12-22(14-17)20(24)13-15-4-10-19(11-5-15)23(25)26/h4-11,17H,1-3,12-14H2. The van der Waals surface area contributed by atoms with Gasteiger partial charge in [0.2, 0.25) is 5.91 Å². The van der Waals surface area contributed by atoms with Crippen molar-refractivity contribution in [3.05, 3.63) is 75.6 Å². The molecular formula is C20H21FN2O3. The summed E-state index contributed by atoms with van der Waals surface area (Å²) in [5.41, 5.74) is 1.84. The van der Waals surface area contributed by atoms with Gasteiger partial charge in [-0.25, -0.2) is 4.39 Å². The summed E-state index contributed by atoms with van der Waals surface area (Å²) in [5, 5.41) is 10.7. The number of rotatable bonds is 4. The summed E-state index contributed by atoms with van der Waals surface area (Å²) in [6.45, 7) is 1.33. The number of nitro groups is 1. The molecule has 1 aliphatic rings. The van der Waals surface area contributed by atoms with Crippen LogP contribution in [-0.2, 0) is 11.2 Å². The van der Waals surface area contributed by atoms with Crippen molar-refractivity contribution in [1.82, 2.24) is 4.90 Å². The number of nitro benzene ring substituents is 1. The first-order chi connectivity index (χ1) is 12.5. The second-order valence-electron chi connectivity index (χ2n) is 6.68. The van der Waals surface area contributed by atoms with Gasteiger partial charge in [-0.3, -0.25) is 14.9 Å². The zero-order valence-corrected chi connectivity index (χ0v) is 14.4. The maximum atomic E-state index is 13.2. The molecule has 1 unspecified atom stereocenters. The minimum atomic E-state index is -0.451. The summed E-state index contributed by atoms with van der Waals surface area (Å²) in [7, 11) is 0. The Morgan fingerprint density at radius 2 is 1.81 bits per heavy atom. The van der Waals surface area contributed by atoms with E-state index in [4.69, 9.17) is 0 Å². The van der Waals surface area contributed by atoms with Gasteiger partial charge in [0.25, 0.3) is 5.69 Å². The van der Waals surface area contributed by atoms with Gasteiger partial charge < -0.3 is 4.90 Å². The molecule has 0 spiro atoms. The van der Waals surface area contributed by atoms with Gasteiger partial charge in [0.05, 0.1) is 11.3 Å². The number of hydrogen-bond donors (Lipinski definition) is 0. The topological polar surface area (TPSA) is 63.4 Å². The Hall–Kier alpha value is -2.76. The van der Waals surface area contributed by atoms with Crippen LogP contribution in [0.15, 0.2) is 48.5 Å². The van der Waals surface area contributed by atoms with E-state index < -0.39 is 4.92 Å². The summed E-state index contributed by atoms with van der Waals surface area (Å²) in [6, 6.07) is 12.6. The first kappa shape index (κ1) is 18.0. The molecule has 2 aromatic rings. The van der Waals surface area contributed by atoms with E-state index in [1.54, 1.807) is 24.3 Å². The van der Waals surface area contributed by atoms with E-state index >= 15 is 0 Å². The van der Waals surface area contributed by atoms with Crippen LogP contribution in [0.2, 0.25) is 0 Å². The van der Waals surface area contributed by atoms with Crippen molar-refractivity contribution in [2.45, 2.75) is 31.6 Å². The van der Waals surface area contributed by atoms with Crippen molar-refractivity contribution < 1.29 is 14.1 Å². The van der Waals surface area contributed by atoms with E-state index in [0.717, 1.165) is 30.4 Å². The number of halogens is 1. The van der Waals surface area contributed by atoms with Gasteiger partial charge in [0.1, 0.15) is 5.82 Å². The molecule has 26 heavy (non-hydrogen) atoms. The third-order valence-electron chi connectivity index (χ3n) is 4.87. The highest BCUT2D eigenvalue weighted by Crippen LogP contribution is 2.27. The van der Waals surface area contributed by atoms with Crippen LogP contribution < -0.4 is 0 Å². The van der Waals surface area contributed by atoms with Crippen LogP contribution in [0.3, 0.4) is 0 Å². The molecule has 1 fully saturated rings. The molecule has 2 aromatic carbocycles. The molecule has 136 valence electrons. The first-order valence-electron chi connectivity index (χ1n) is 8.79. The second-order valence-corrected chi connectivity index (χ2v) is 6.68. The Morgan fingerprint density at radius 1 is 1.12 bits per heavy atom. The fourth-order valence-electron chi connectivity index (χ4n) is 3.40. The van der Waals surface area contributed by atoms with Crippen LogP contribution in [0.1, 0.15) is 36.3 Å². The quantitative estimate of drug-likeness (QED) is 0.613. The molecule has 0 aromatic heterocycles. The molecule has 1 atom stereocenters.